The fourth-order valence-electron chi connectivity index (χ4n) is 2.43. The molecule has 0 saturated carbocycles. The summed E-state index contributed by atoms with van der Waals surface area (Å²) >= 11 is 0. The van der Waals surface area contributed by atoms with Gasteiger partial charge in [0.15, 0.2) is 0 Å². The molecule has 0 bridgehead atoms. The monoisotopic (exact) mass is 288 g/mol. The zero-order valence-corrected chi connectivity index (χ0v) is 12.2. The van der Waals surface area contributed by atoms with E-state index in [0.29, 0.717) is 6.01 Å². The molecule has 0 aliphatic carbocycles. The third-order valence-corrected chi connectivity index (χ3v) is 3.65. The summed E-state index contributed by atoms with van der Waals surface area (Å²) in [4.78, 5) is 12.5. The van der Waals surface area contributed by atoms with Crippen LogP contribution in [0.25, 0.3) is 0 Å². The predicted molar refractivity (Wildman–Crippen MR) is 76.9 cm³/mol. The molecule has 0 N–H and O–H groups in total. The van der Waals surface area contributed by atoms with Crippen LogP contribution in [0.1, 0.15) is 18.4 Å². The minimum Gasteiger partial charge on any atom is -0.460 e. The van der Waals surface area contributed by atoms with Crippen molar-refractivity contribution in [3.63, 3.8) is 0 Å². The Labute approximate surface area is 124 Å². The van der Waals surface area contributed by atoms with Crippen LogP contribution in [0.15, 0.2) is 24.8 Å². The Balaban J connectivity index is 1.41. The summed E-state index contributed by atoms with van der Waals surface area (Å²) in [6.45, 7) is 5.83. The molecule has 3 rings (SSSR count). The van der Waals surface area contributed by atoms with Gasteiger partial charge in [-0.1, -0.05) is 0 Å². The molecule has 0 unspecified atom stereocenters. The summed E-state index contributed by atoms with van der Waals surface area (Å²) in [5.74, 6) is 0. The van der Waals surface area contributed by atoms with E-state index in [1.165, 1.54) is 0 Å². The van der Waals surface area contributed by atoms with Gasteiger partial charge < -0.3 is 9.64 Å². The molecule has 21 heavy (non-hydrogen) atoms. The first-order valence-electron chi connectivity index (χ1n) is 7.31. The van der Waals surface area contributed by atoms with E-state index in [2.05, 4.69) is 25.1 Å². The van der Waals surface area contributed by atoms with Crippen molar-refractivity contribution in [3.8, 4) is 6.01 Å². The van der Waals surface area contributed by atoms with Gasteiger partial charge in [0.2, 0.25) is 0 Å². The maximum absolute atomic E-state index is 5.83. The Kier molecular flexibility index (Phi) is 4.40. The van der Waals surface area contributed by atoms with Crippen molar-refractivity contribution >= 4 is 0 Å². The Morgan fingerprint density at radius 2 is 1.76 bits per heavy atom. The van der Waals surface area contributed by atoms with Crippen LogP contribution in [0.5, 0.6) is 6.01 Å². The highest BCUT2D eigenvalue weighted by Crippen LogP contribution is 2.15. The number of rotatable bonds is 5. The summed E-state index contributed by atoms with van der Waals surface area (Å²) in [6.07, 6.45) is 9.21. The maximum atomic E-state index is 5.83. The van der Waals surface area contributed by atoms with Crippen LogP contribution in [0.4, 0.5) is 0 Å². The molecule has 7 heteroatoms. The zero-order chi connectivity index (χ0) is 14.5. The molecule has 1 aliphatic heterocycles. The molecule has 0 radical (unpaired) electrons. The fourth-order valence-corrected chi connectivity index (χ4v) is 2.43. The largest absolute Gasteiger partial charge is 0.460 e. The minimum absolute atomic E-state index is 0.215. The Morgan fingerprint density at radius 3 is 2.43 bits per heavy atom. The fraction of sp³-hybridized carbons (Fsp3) is 0.571. The van der Waals surface area contributed by atoms with Crippen molar-refractivity contribution in [2.45, 2.75) is 32.4 Å². The lowest BCUT2D eigenvalue weighted by molar-refractivity contribution is 0.0897. The maximum Gasteiger partial charge on any atom is 0.316 e. The molecule has 1 saturated heterocycles. The Morgan fingerprint density at radius 1 is 1.10 bits per heavy atom. The van der Waals surface area contributed by atoms with E-state index in [0.717, 1.165) is 44.6 Å². The first-order chi connectivity index (χ1) is 10.3. The number of aryl methyl sites for hydroxylation is 1. The summed E-state index contributed by atoms with van der Waals surface area (Å²) in [5.41, 5.74) is 1.05. The Hall–Kier alpha value is -2.02. The number of aromatic nitrogens is 5. The van der Waals surface area contributed by atoms with E-state index in [-0.39, 0.29) is 6.10 Å². The molecule has 1 aliphatic rings. The van der Waals surface area contributed by atoms with Crippen LogP contribution < -0.4 is 4.74 Å². The number of nitrogens with zero attached hydrogens (tertiary/aromatic N) is 6. The first-order valence-corrected chi connectivity index (χ1v) is 7.31. The van der Waals surface area contributed by atoms with Gasteiger partial charge in [0, 0.05) is 32.0 Å². The smallest absolute Gasteiger partial charge is 0.316 e. The van der Waals surface area contributed by atoms with E-state index in [1.807, 2.05) is 6.92 Å². The van der Waals surface area contributed by atoms with E-state index in [4.69, 9.17) is 4.74 Å². The molecule has 7 nitrogen and oxygen atoms in total. The molecule has 0 spiro atoms. The number of ether oxygens (including phenoxy) is 1. The van der Waals surface area contributed by atoms with Crippen molar-refractivity contribution in [2.24, 2.45) is 0 Å². The third-order valence-electron chi connectivity index (χ3n) is 3.65. The normalized spacial score (nSPS) is 17.0. The molecule has 0 amide bonds. The van der Waals surface area contributed by atoms with Gasteiger partial charge in [0.1, 0.15) is 6.10 Å². The van der Waals surface area contributed by atoms with Gasteiger partial charge in [-0.05, 0) is 25.3 Å². The van der Waals surface area contributed by atoms with Crippen LogP contribution in [0.3, 0.4) is 0 Å². The molecule has 3 heterocycles. The van der Waals surface area contributed by atoms with E-state index in [1.54, 1.807) is 29.6 Å². The lowest BCUT2D eigenvalue weighted by Gasteiger charge is -2.31. The van der Waals surface area contributed by atoms with Crippen molar-refractivity contribution in [3.05, 3.63) is 30.4 Å². The number of piperidine rings is 1. The van der Waals surface area contributed by atoms with Gasteiger partial charge in [-0.15, -0.1) is 0 Å². The molecule has 0 atom stereocenters. The molecule has 1 fully saturated rings. The number of hydrogen-bond acceptors (Lipinski definition) is 6. The second kappa shape index (κ2) is 6.62. The van der Waals surface area contributed by atoms with Gasteiger partial charge in [-0.3, -0.25) is 0 Å². The highest BCUT2D eigenvalue weighted by Gasteiger charge is 2.21. The van der Waals surface area contributed by atoms with Gasteiger partial charge >= 0.3 is 6.01 Å². The minimum atomic E-state index is 0.215. The second-order valence-electron chi connectivity index (χ2n) is 5.33. The van der Waals surface area contributed by atoms with Gasteiger partial charge in [0.05, 0.1) is 18.9 Å². The summed E-state index contributed by atoms with van der Waals surface area (Å²) in [5, 5.41) is 8.23. The third kappa shape index (κ3) is 3.98. The van der Waals surface area contributed by atoms with Crippen LogP contribution in [0, 0.1) is 6.92 Å². The standard InChI is InChI=1S/C14H20N6O/c1-12-10-15-14(16-11-12)21-13-2-6-19(7-3-13)8-9-20-17-4-5-18-20/h4-5,10-11,13H,2-3,6-9H2,1H3. The molecular formula is C14H20N6O. The highest BCUT2D eigenvalue weighted by molar-refractivity contribution is 5.04. The average molecular weight is 288 g/mol. The van der Waals surface area contributed by atoms with Crippen LogP contribution in [-0.4, -0.2) is 55.6 Å². The van der Waals surface area contributed by atoms with E-state index < -0.39 is 0 Å². The van der Waals surface area contributed by atoms with Crippen LogP contribution >= 0.6 is 0 Å². The lowest BCUT2D eigenvalue weighted by Crippen LogP contribution is -2.40. The predicted octanol–water partition coefficient (Wildman–Crippen LogP) is 0.920. The zero-order valence-electron chi connectivity index (χ0n) is 12.2. The lowest BCUT2D eigenvalue weighted by atomic mass is 10.1. The molecular weight excluding hydrogens is 268 g/mol. The SMILES string of the molecule is Cc1cnc(OC2CCN(CCn3nccn3)CC2)nc1. The molecule has 112 valence electrons. The van der Waals surface area contributed by atoms with Crippen LogP contribution in [0.2, 0.25) is 0 Å². The summed E-state index contributed by atoms with van der Waals surface area (Å²) in [7, 11) is 0. The average Bonchev–Trinajstić information content (AvgIpc) is 3.02. The Bertz CT molecular complexity index is 533. The van der Waals surface area contributed by atoms with Crippen molar-refractivity contribution in [1.29, 1.82) is 0 Å². The van der Waals surface area contributed by atoms with Crippen molar-refractivity contribution < 1.29 is 4.74 Å². The molecule has 0 aromatic carbocycles. The van der Waals surface area contributed by atoms with Crippen LogP contribution in [-0.2, 0) is 6.54 Å². The topological polar surface area (TPSA) is 69.0 Å². The van der Waals surface area contributed by atoms with Gasteiger partial charge in [0.25, 0.3) is 0 Å². The van der Waals surface area contributed by atoms with Crippen molar-refractivity contribution in [1.82, 2.24) is 29.9 Å². The molecule has 2 aromatic rings. The highest BCUT2D eigenvalue weighted by atomic mass is 16.5. The molecule has 2 aromatic heterocycles. The quantitative estimate of drug-likeness (QED) is 0.815. The first kappa shape index (κ1) is 13.9. The van der Waals surface area contributed by atoms with Gasteiger partial charge in [-0.2, -0.15) is 15.0 Å². The van der Waals surface area contributed by atoms with Gasteiger partial charge in [-0.25, -0.2) is 9.97 Å². The second-order valence-corrected chi connectivity index (χ2v) is 5.33. The van der Waals surface area contributed by atoms with Crippen molar-refractivity contribution in [2.75, 3.05) is 19.6 Å². The van der Waals surface area contributed by atoms with E-state index in [9.17, 15) is 0 Å². The van der Waals surface area contributed by atoms with E-state index >= 15 is 0 Å². The number of hydrogen-bond donors (Lipinski definition) is 0. The summed E-state index contributed by atoms with van der Waals surface area (Å²) < 4.78 is 5.83. The summed E-state index contributed by atoms with van der Waals surface area (Å²) in [6, 6.07) is 0.486. The number of likely N-dealkylation sites (tertiary alicyclic amines) is 1.